The molecule has 2 aliphatic heterocycles. The molecule has 4 heterocycles. The maximum atomic E-state index is 13.3. The van der Waals surface area contributed by atoms with Crippen molar-refractivity contribution < 1.29 is 17.9 Å². The molecule has 3 aromatic rings. The van der Waals surface area contributed by atoms with Gasteiger partial charge in [-0.2, -0.15) is 13.2 Å². The third-order valence-electron chi connectivity index (χ3n) is 8.10. The van der Waals surface area contributed by atoms with Crippen LogP contribution in [0.1, 0.15) is 36.7 Å². The van der Waals surface area contributed by atoms with Gasteiger partial charge in [0, 0.05) is 30.0 Å². The molecule has 9 heteroatoms. The van der Waals surface area contributed by atoms with Crippen molar-refractivity contribution >= 4 is 16.9 Å². The smallest absolute Gasteiger partial charge is 0.380 e. The van der Waals surface area contributed by atoms with Crippen molar-refractivity contribution in [3.05, 3.63) is 53.5 Å². The van der Waals surface area contributed by atoms with Crippen LogP contribution in [0.5, 0.6) is 0 Å². The first-order chi connectivity index (χ1) is 15.7. The van der Waals surface area contributed by atoms with Crippen LogP contribution in [0.25, 0.3) is 11.0 Å². The molecular weight excluding hydrogens is 431 g/mol. The number of aromatic amines is 1. The lowest BCUT2D eigenvalue weighted by Crippen LogP contribution is -2.41. The van der Waals surface area contributed by atoms with Crippen LogP contribution in [0, 0.1) is 10.8 Å². The van der Waals surface area contributed by atoms with E-state index in [1.165, 1.54) is 17.5 Å². The van der Waals surface area contributed by atoms with Gasteiger partial charge in [0.25, 0.3) is 0 Å². The Morgan fingerprint density at radius 3 is 2.58 bits per heavy atom. The van der Waals surface area contributed by atoms with Gasteiger partial charge in [0.15, 0.2) is 0 Å². The number of halogens is 3. The monoisotopic (exact) mass is 457 g/mol. The van der Waals surface area contributed by atoms with E-state index in [0.29, 0.717) is 11.2 Å². The van der Waals surface area contributed by atoms with E-state index < -0.39 is 11.9 Å². The SMILES string of the molecule is CC12COC[C@@]1(C)CN([C@H]1Cc3ccccc3C1Nc1ncnc3[nH]c(C(F)(F)F)cc13)C2. The summed E-state index contributed by atoms with van der Waals surface area (Å²) in [6.45, 7) is 7.99. The fourth-order valence-corrected chi connectivity index (χ4v) is 5.95. The second kappa shape index (κ2) is 6.93. The molecule has 2 aromatic heterocycles. The summed E-state index contributed by atoms with van der Waals surface area (Å²) >= 11 is 0. The number of nitrogens with one attached hydrogen (secondary N) is 2. The standard InChI is InChI=1S/C24H26F3N5O/c1-22-9-32(10-23(22,2)12-33-11-22)17-7-14-5-3-4-6-15(14)19(17)31-21-16-8-18(24(25,26)27)30-20(16)28-13-29-21/h3-6,8,13,17,19H,7,9-12H2,1-2H3,(H2,28,29,30,31)/t17-,19?,22+,23?/m0/s1. The highest BCUT2D eigenvalue weighted by Gasteiger charge is 2.58. The molecule has 2 N–H and O–H groups in total. The van der Waals surface area contributed by atoms with Crippen molar-refractivity contribution in [2.24, 2.45) is 10.8 Å². The molecule has 6 nitrogen and oxygen atoms in total. The van der Waals surface area contributed by atoms with Crippen LogP contribution < -0.4 is 5.32 Å². The molecule has 2 saturated heterocycles. The number of anilines is 1. The highest BCUT2D eigenvalue weighted by molar-refractivity contribution is 5.88. The second-order valence-corrected chi connectivity index (χ2v) is 10.3. The molecule has 1 aromatic carbocycles. The van der Waals surface area contributed by atoms with Gasteiger partial charge in [-0.15, -0.1) is 0 Å². The maximum Gasteiger partial charge on any atom is 0.431 e. The van der Waals surface area contributed by atoms with Crippen molar-refractivity contribution in [1.29, 1.82) is 0 Å². The van der Waals surface area contributed by atoms with Gasteiger partial charge in [-0.25, -0.2) is 9.97 Å². The van der Waals surface area contributed by atoms with E-state index in [9.17, 15) is 13.2 Å². The first-order valence-electron chi connectivity index (χ1n) is 11.2. The highest BCUT2D eigenvalue weighted by Crippen LogP contribution is 2.53. The molecular formula is C24H26F3N5O. The molecule has 6 rings (SSSR count). The van der Waals surface area contributed by atoms with E-state index in [2.05, 4.69) is 51.1 Å². The predicted molar refractivity (Wildman–Crippen MR) is 118 cm³/mol. The Labute approximate surface area is 189 Å². The summed E-state index contributed by atoms with van der Waals surface area (Å²) in [4.78, 5) is 13.3. The molecule has 174 valence electrons. The molecule has 2 fully saturated rings. The van der Waals surface area contributed by atoms with Crippen LogP contribution in [-0.2, 0) is 17.3 Å². The van der Waals surface area contributed by atoms with E-state index in [1.807, 2.05) is 12.1 Å². The fraction of sp³-hybridized carbons (Fsp3) is 0.500. The summed E-state index contributed by atoms with van der Waals surface area (Å²) in [5.41, 5.74) is 1.98. The number of likely N-dealkylation sites (tertiary alicyclic amines) is 1. The van der Waals surface area contributed by atoms with E-state index in [0.717, 1.165) is 38.8 Å². The van der Waals surface area contributed by atoms with Gasteiger partial charge >= 0.3 is 6.18 Å². The molecule has 2 unspecified atom stereocenters. The number of fused-ring (bicyclic) bond motifs is 3. The lowest BCUT2D eigenvalue weighted by Gasteiger charge is -2.32. The number of aromatic nitrogens is 3. The first kappa shape index (κ1) is 20.9. The molecule has 3 aliphatic rings. The molecule has 0 amide bonds. The van der Waals surface area contributed by atoms with E-state index in [-0.39, 0.29) is 28.6 Å². The van der Waals surface area contributed by atoms with Gasteiger partial charge in [-0.05, 0) is 23.6 Å². The van der Waals surface area contributed by atoms with Crippen LogP contribution >= 0.6 is 0 Å². The third kappa shape index (κ3) is 3.16. The summed E-state index contributed by atoms with van der Waals surface area (Å²) in [5.74, 6) is 0.415. The number of benzene rings is 1. The zero-order chi connectivity index (χ0) is 23.0. The Morgan fingerprint density at radius 2 is 1.85 bits per heavy atom. The van der Waals surface area contributed by atoms with Gasteiger partial charge < -0.3 is 15.0 Å². The zero-order valence-electron chi connectivity index (χ0n) is 18.5. The zero-order valence-corrected chi connectivity index (χ0v) is 18.5. The summed E-state index contributed by atoms with van der Waals surface area (Å²) in [5, 5.41) is 3.86. The normalized spacial score (nSPS) is 31.8. The number of alkyl halides is 3. The second-order valence-electron chi connectivity index (χ2n) is 10.3. The number of ether oxygens (including phenoxy) is 1. The highest BCUT2D eigenvalue weighted by atomic mass is 19.4. The number of hydrogen-bond donors (Lipinski definition) is 2. The number of hydrogen-bond acceptors (Lipinski definition) is 5. The maximum absolute atomic E-state index is 13.3. The van der Waals surface area contributed by atoms with Crippen LogP contribution in [0.2, 0.25) is 0 Å². The summed E-state index contributed by atoms with van der Waals surface area (Å²) in [6, 6.07) is 9.47. The summed E-state index contributed by atoms with van der Waals surface area (Å²) in [6.07, 6.45) is -2.28. The predicted octanol–water partition coefficient (Wildman–Crippen LogP) is 4.41. The van der Waals surface area contributed by atoms with Crippen LogP contribution in [0.4, 0.5) is 19.0 Å². The van der Waals surface area contributed by atoms with Crippen LogP contribution in [-0.4, -0.2) is 52.2 Å². The number of nitrogens with zero attached hydrogens (tertiary/aromatic N) is 3. The average Bonchev–Trinajstić information content (AvgIpc) is 3.47. The summed E-state index contributed by atoms with van der Waals surface area (Å²) < 4.78 is 45.7. The van der Waals surface area contributed by atoms with Crippen molar-refractivity contribution in [3.63, 3.8) is 0 Å². The van der Waals surface area contributed by atoms with E-state index in [4.69, 9.17) is 4.74 Å². The molecule has 0 saturated carbocycles. The average molecular weight is 458 g/mol. The van der Waals surface area contributed by atoms with Gasteiger partial charge in [0.1, 0.15) is 23.5 Å². The minimum absolute atomic E-state index is 0.0875. The Hall–Kier alpha value is -2.65. The molecule has 0 radical (unpaired) electrons. The van der Waals surface area contributed by atoms with Crippen molar-refractivity contribution in [3.8, 4) is 0 Å². The Balaban J connectivity index is 1.37. The minimum Gasteiger partial charge on any atom is -0.380 e. The van der Waals surface area contributed by atoms with Crippen molar-refractivity contribution in [2.45, 2.75) is 38.5 Å². The summed E-state index contributed by atoms with van der Waals surface area (Å²) in [7, 11) is 0. The van der Waals surface area contributed by atoms with Gasteiger partial charge in [-0.1, -0.05) is 38.1 Å². The van der Waals surface area contributed by atoms with Crippen LogP contribution in [0.3, 0.4) is 0 Å². The van der Waals surface area contributed by atoms with Crippen molar-refractivity contribution in [2.75, 3.05) is 31.6 Å². The Morgan fingerprint density at radius 1 is 1.12 bits per heavy atom. The largest absolute Gasteiger partial charge is 0.431 e. The Kier molecular flexibility index (Phi) is 4.39. The lowest BCUT2D eigenvalue weighted by atomic mass is 9.71. The van der Waals surface area contributed by atoms with Crippen molar-refractivity contribution in [1.82, 2.24) is 19.9 Å². The molecule has 1 aliphatic carbocycles. The molecule has 4 atom stereocenters. The van der Waals surface area contributed by atoms with Gasteiger partial charge in [0.2, 0.25) is 0 Å². The lowest BCUT2D eigenvalue weighted by molar-refractivity contribution is -0.140. The number of H-pyrrole nitrogens is 1. The fourth-order valence-electron chi connectivity index (χ4n) is 5.95. The van der Waals surface area contributed by atoms with Gasteiger partial charge in [0.05, 0.1) is 24.6 Å². The van der Waals surface area contributed by atoms with E-state index in [1.54, 1.807) is 0 Å². The number of rotatable bonds is 3. The quantitative estimate of drug-likeness (QED) is 0.610. The molecule has 0 bridgehead atoms. The molecule has 33 heavy (non-hydrogen) atoms. The van der Waals surface area contributed by atoms with Gasteiger partial charge in [-0.3, -0.25) is 4.90 Å². The third-order valence-corrected chi connectivity index (χ3v) is 8.10. The first-order valence-corrected chi connectivity index (χ1v) is 11.2. The minimum atomic E-state index is -4.47. The van der Waals surface area contributed by atoms with E-state index >= 15 is 0 Å². The Bertz CT molecular complexity index is 1210. The molecule has 0 spiro atoms. The topological polar surface area (TPSA) is 66.1 Å². The van der Waals surface area contributed by atoms with Crippen LogP contribution in [0.15, 0.2) is 36.7 Å².